The van der Waals surface area contributed by atoms with Gasteiger partial charge in [-0.3, -0.25) is 4.79 Å². The quantitative estimate of drug-likeness (QED) is 0.931. The number of nitrogens with zero attached hydrogens (tertiary/aromatic N) is 1. The van der Waals surface area contributed by atoms with E-state index < -0.39 is 5.97 Å². The van der Waals surface area contributed by atoms with E-state index in [-0.39, 0.29) is 11.5 Å². The summed E-state index contributed by atoms with van der Waals surface area (Å²) in [5.41, 5.74) is 1.18. The third-order valence-corrected chi connectivity index (χ3v) is 3.57. The van der Waals surface area contributed by atoms with E-state index in [2.05, 4.69) is 15.9 Å². The smallest absolute Gasteiger partial charge is 0.335 e. The minimum Gasteiger partial charge on any atom is -0.478 e. The van der Waals surface area contributed by atoms with Crippen molar-refractivity contribution in [1.29, 1.82) is 0 Å². The highest BCUT2D eigenvalue weighted by Gasteiger charge is 2.21. The average molecular weight is 298 g/mol. The van der Waals surface area contributed by atoms with Gasteiger partial charge in [0, 0.05) is 24.0 Å². The van der Waals surface area contributed by atoms with Crippen LogP contribution in [0.4, 0.5) is 0 Å². The van der Waals surface area contributed by atoms with Gasteiger partial charge < -0.3 is 10.0 Å². The van der Waals surface area contributed by atoms with E-state index in [0.29, 0.717) is 13.0 Å². The summed E-state index contributed by atoms with van der Waals surface area (Å²) in [5, 5.41) is 8.84. The Kier molecular flexibility index (Phi) is 3.47. The molecule has 0 radical (unpaired) electrons. The molecule has 90 valence electrons. The number of carbonyl (C=O) groups is 2. The molecule has 0 atom stereocenters. The van der Waals surface area contributed by atoms with Gasteiger partial charge in [-0.15, -0.1) is 0 Å². The lowest BCUT2D eigenvalue weighted by Gasteiger charge is -2.16. The van der Waals surface area contributed by atoms with Crippen LogP contribution in [0.15, 0.2) is 22.7 Å². The number of halogens is 1. The average Bonchev–Trinajstić information content (AvgIpc) is 2.67. The maximum Gasteiger partial charge on any atom is 0.335 e. The number of aromatic carboxylic acids is 1. The molecule has 1 aliphatic rings. The molecule has 1 saturated heterocycles. The zero-order valence-corrected chi connectivity index (χ0v) is 10.7. The Morgan fingerprint density at radius 2 is 2.24 bits per heavy atom. The number of carboxylic acid groups (broad SMARTS) is 1. The SMILES string of the molecule is O=C(O)c1ccc(CN2CCCC2=O)c(Br)c1. The van der Waals surface area contributed by atoms with E-state index >= 15 is 0 Å². The molecule has 17 heavy (non-hydrogen) atoms. The normalized spacial score (nSPS) is 15.4. The third-order valence-electron chi connectivity index (χ3n) is 2.83. The van der Waals surface area contributed by atoms with Crippen molar-refractivity contribution in [3.05, 3.63) is 33.8 Å². The first kappa shape index (κ1) is 12.1. The summed E-state index contributed by atoms with van der Waals surface area (Å²) in [6.45, 7) is 1.32. The number of carboxylic acids is 1. The molecule has 1 heterocycles. The van der Waals surface area contributed by atoms with Crippen LogP contribution >= 0.6 is 15.9 Å². The first-order chi connectivity index (χ1) is 8.08. The fraction of sp³-hybridized carbons (Fsp3) is 0.333. The second-order valence-corrected chi connectivity index (χ2v) is 4.88. The lowest BCUT2D eigenvalue weighted by Crippen LogP contribution is -2.24. The summed E-state index contributed by atoms with van der Waals surface area (Å²) in [7, 11) is 0. The summed E-state index contributed by atoms with van der Waals surface area (Å²) < 4.78 is 0.733. The Hall–Kier alpha value is -1.36. The Morgan fingerprint density at radius 3 is 2.76 bits per heavy atom. The van der Waals surface area contributed by atoms with Crippen LogP contribution < -0.4 is 0 Å². The van der Waals surface area contributed by atoms with Crippen molar-refractivity contribution < 1.29 is 14.7 Å². The van der Waals surface area contributed by atoms with E-state index in [1.165, 1.54) is 0 Å². The van der Waals surface area contributed by atoms with Crippen molar-refractivity contribution in [2.75, 3.05) is 6.54 Å². The lowest BCUT2D eigenvalue weighted by molar-refractivity contribution is -0.128. The van der Waals surface area contributed by atoms with Crippen LogP contribution in [0.3, 0.4) is 0 Å². The van der Waals surface area contributed by atoms with Crippen molar-refractivity contribution in [1.82, 2.24) is 4.90 Å². The largest absolute Gasteiger partial charge is 0.478 e. The zero-order valence-electron chi connectivity index (χ0n) is 9.15. The minimum atomic E-state index is -0.950. The highest BCUT2D eigenvalue weighted by Crippen LogP contribution is 2.22. The molecule has 1 aromatic carbocycles. The first-order valence-electron chi connectivity index (χ1n) is 5.37. The number of benzene rings is 1. The molecule has 4 nitrogen and oxygen atoms in total. The molecule has 1 aliphatic heterocycles. The van der Waals surface area contributed by atoms with E-state index in [1.807, 2.05) is 0 Å². The molecule has 1 amide bonds. The van der Waals surface area contributed by atoms with Crippen molar-refractivity contribution in [3.8, 4) is 0 Å². The molecule has 0 bridgehead atoms. The predicted octanol–water partition coefficient (Wildman–Crippen LogP) is 2.27. The van der Waals surface area contributed by atoms with Gasteiger partial charge in [-0.05, 0) is 24.1 Å². The molecule has 1 fully saturated rings. The number of rotatable bonds is 3. The number of hydrogen-bond donors (Lipinski definition) is 1. The topological polar surface area (TPSA) is 57.6 Å². The van der Waals surface area contributed by atoms with E-state index in [4.69, 9.17) is 5.11 Å². The number of amides is 1. The van der Waals surface area contributed by atoms with E-state index in [9.17, 15) is 9.59 Å². The van der Waals surface area contributed by atoms with Crippen molar-refractivity contribution in [3.63, 3.8) is 0 Å². The zero-order chi connectivity index (χ0) is 12.4. The van der Waals surface area contributed by atoms with Gasteiger partial charge in [0.15, 0.2) is 0 Å². The standard InChI is InChI=1S/C12H12BrNO3/c13-10-6-8(12(16)17)3-4-9(10)7-14-5-1-2-11(14)15/h3-4,6H,1-2,5,7H2,(H,16,17). The Bertz CT molecular complexity index is 473. The third kappa shape index (κ3) is 2.66. The molecular weight excluding hydrogens is 286 g/mol. The monoisotopic (exact) mass is 297 g/mol. The maximum absolute atomic E-state index is 11.5. The second kappa shape index (κ2) is 4.87. The Morgan fingerprint density at radius 1 is 1.47 bits per heavy atom. The number of hydrogen-bond acceptors (Lipinski definition) is 2. The van der Waals surface area contributed by atoms with Crippen LogP contribution in [0.2, 0.25) is 0 Å². The summed E-state index contributed by atoms with van der Waals surface area (Å²) >= 11 is 3.34. The summed E-state index contributed by atoms with van der Waals surface area (Å²) in [4.78, 5) is 24.0. The van der Waals surface area contributed by atoms with Gasteiger partial charge in [0.2, 0.25) is 5.91 Å². The fourth-order valence-electron chi connectivity index (χ4n) is 1.89. The van der Waals surface area contributed by atoms with Crippen LogP contribution in [0.25, 0.3) is 0 Å². The van der Waals surface area contributed by atoms with Gasteiger partial charge in [-0.2, -0.15) is 0 Å². The van der Waals surface area contributed by atoms with Gasteiger partial charge in [-0.1, -0.05) is 22.0 Å². The highest BCUT2D eigenvalue weighted by atomic mass is 79.9. The summed E-state index contributed by atoms with van der Waals surface area (Å²) in [6, 6.07) is 4.88. The fourth-order valence-corrected chi connectivity index (χ4v) is 2.39. The van der Waals surface area contributed by atoms with Crippen LogP contribution in [0.5, 0.6) is 0 Å². The van der Waals surface area contributed by atoms with Gasteiger partial charge in [0.25, 0.3) is 0 Å². The minimum absolute atomic E-state index is 0.166. The predicted molar refractivity (Wildman–Crippen MR) is 65.8 cm³/mol. The molecular formula is C12H12BrNO3. The molecule has 1 N–H and O–H groups in total. The van der Waals surface area contributed by atoms with Crippen LogP contribution in [-0.2, 0) is 11.3 Å². The van der Waals surface area contributed by atoms with Crippen LogP contribution in [0.1, 0.15) is 28.8 Å². The van der Waals surface area contributed by atoms with Gasteiger partial charge in [0.1, 0.15) is 0 Å². The second-order valence-electron chi connectivity index (χ2n) is 4.03. The Balaban J connectivity index is 2.16. The molecule has 0 spiro atoms. The van der Waals surface area contributed by atoms with E-state index in [0.717, 1.165) is 23.0 Å². The van der Waals surface area contributed by atoms with Gasteiger partial charge in [0.05, 0.1) is 5.56 Å². The van der Waals surface area contributed by atoms with Crippen LogP contribution in [0, 0.1) is 0 Å². The highest BCUT2D eigenvalue weighted by molar-refractivity contribution is 9.10. The number of likely N-dealkylation sites (tertiary alicyclic amines) is 1. The molecule has 2 rings (SSSR count). The van der Waals surface area contributed by atoms with E-state index in [1.54, 1.807) is 23.1 Å². The van der Waals surface area contributed by atoms with Gasteiger partial charge >= 0.3 is 5.97 Å². The van der Waals surface area contributed by atoms with Crippen molar-refractivity contribution in [2.24, 2.45) is 0 Å². The summed E-state index contributed by atoms with van der Waals surface area (Å²) in [6.07, 6.45) is 1.52. The van der Waals surface area contributed by atoms with Gasteiger partial charge in [-0.25, -0.2) is 4.79 Å². The maximum atomic E-state index is 11.5. The Labute approximate surface area is 107 Å². The van der Waals surface area contributed by atoms with Crippen molar-refractivity contribution in [2.45, 2.75) is 19.4 Å². The molecule has 5 heteroatoms. The lowest BCUT2D eigenvalue weighted by atomic mass is 10.1. The molecule has 0 unspecified atom stereocenters. The number of carbonyl (C=O) groups excluding carboxylic acids is 1. The summed E-state index contributed by atoms with van der Waals surface area (Å²) in [5.74, 6) is -0.784. The molecule has 0 saturated carbocycles. The van der Waals surface area contributed by atoms with Crippen LogP contribution in [-0.4, -0.2) is 28.4 Å². The van der Waals surface area contributed by atoms with Crippen molar-refractivity contribution >= 4 is 27.8 Å². The first-order valence-corrected chi connectivity index (χ1v) is 6.17. The molecule has 1 aromatic rings. The molecule has 0 aliphatic carbocycles. The molecule has 0 aromatic heterocycles.